The van der Waals surface area contributed by atoms with Crippen molar-refractivity contribution in [3.63, 3.8) is 0 Å². The number of aryl methyl sites for hydroxylation is 1. The van der Waals surface area contributed by atoms with Gasteiger partial charge in [0, 0.05) is 18.0 Å². The fourth-order valence-electron chi connectivity index (χ4n) is 6.28. The predicted molar refractivity (Wildman–Crippen MR) is 187 cm³/mol. The van der Waals surface area contributed by atoms with Gasteiger partial charge >= 0.3 is 12.1 Å². The van der Waals surface area contributed by atoms with Gasteiger partial charge in [-0.25, -0.2) is 18.2 Å². The molecule has 2 aromatic carbocycles. The topological polar surface area (TPSA) is 187 Å². The molecule has 0 unspecified atom stereocenters. The lowest BCUT2D eigenvalue weighted by Crippen LogP contribution is -2.53. The zero-order valence-corrected chi connectivity index (χ0v) is 30.9. The van der Waals surface area contributed by atoms with Crippen LogP contribution in [-0.2, 0) is 46.8 Å². The van der Waals surface area contributed by atoms with Gasteiger partial charge in [-0.1, -0.05) is 26.0 Å². The minimum atomic E-state index is -4.17. The van der Waals surface area contributed by atoms with Crippen molar-refractivity contribution in [3.8, 4) is 17.2 Å². The fraction of sp³-hybridized carbons (Fsp3) is 0.514. The summed E-state index contributed by atoms with van der Waals surface area (Å²) in [5, 5.41) is 5.76. The molecule has 0 saturated carbocycles. The van der Waals surface area contributed by atoms with Crippen molar-refractivity contribution in [1.29, 1.82) is 0 Å². The number of nitrogens with one attached hydrogen (secondary N) is 1. The summed E-state index contributed by atoms with van der Waals surface area (Å²) >= 11 is 1.54. The van der Waals surface area contributed by atoms with E-state index in [0.717, 1.165) is 16.3 Å². The van der Waals surface area contributed by atoms with E-state index in [1.54, 1.807) is 23.5 Å². The molecule has 2 saturated heterocycles. The number of benzene rings is 2. The molecule has 282 valence electrons. The van der Waals surface area contributed by atoms with E-state index in [4.69, 9.17) is 38.9 Å². The van der Waals surface area contributed by atoms with Crippen molar-refractivity contribution in [2.24, 2.45) is 17.6 Å². The van der Waals surface area contributed by atoms with Gasteiger partial charge in [-0.15, -0.1) is 11.3 Å². The SMILES string of the molecule is Cc1nc(COc2ccc(C[C@H](NC(=O)O[C@H]3CO[C@H]4OCC[C@H]43)[C@@H](CN(CC(C)C)S(=O)(=O)c3ccc4c(c3)OCO4)OC(=O)CN)cc2)cs1. The molecule has 2 fully saturated rings. The molecule has 15 nitrogen and oxygen atoms in total. The lowest BCUT2D eigenvalue weighted by atomic mass is 10.0. The molecule has 5 atom stereocenters. The van der Waals surface area contributed by atoms with Crippen LogP contribution in [0.3, 0.4) is 0 Å². The van der Waals surface area contributed by atoms with Gasteiger partial charge in [-0.2, -0.15) is 4.31 Å². The summed E-state index contributed by atoms with van der Waals surface area (Å²) in [5.41, 5.74) is 7.25. The number of fused-ring (bicyclic) bond motifs is 2. The van der Waals surface area contributed by atoms with Crippen LogP contribution in [0.15, 0.2) is 52.7 Å². The molecular formula is C35H44N4O11S2. The lowest BCUT2D eigenvalue weighted by molar-refractivity contribution is -0.149. The Labute approximate surface area is 306 Å². The van der Waals surface area contributed by atoms with Crippen molar-refractivity contribution >= 4 is 33.4 Å². The van der Waals surface area contributed by atoms with Crippen LogP contribution in [0.2, 0.25) is 0 Å². The maximum absolute atomic E-state index is 14.2. The smallest absolute Gasteiger partial charge is 0.407 e. The third-order valence-corrected chi connectivity index (χ3v) is 11.5. The Kier molecular flexibility index (Phi) is 12.2. The number of amides is 1. The molecule has 3 N–H and O–H groups in total. The molecule has 52 heavy (non-hydrogen) atoms. The summed E-state index contributed by atoms with van der Waals surface area (Å²) in [6.07, 6.45) is -2.11. The molecule has 3 aromatic rings. The van der Waals surface area contributed by atoms with Gasteiger partial charge in [0.15, 0.2) is 17.8 Å². The van der Waals surface area contributed by atoms with E-state index in [9.17, 15) is 18.0 Å². The van der Waals surface area contributed by atoms with Crippen LogP contribution in [0.1, 0.15) is 36.5 Å². The second-order valence-electron chi connectivity index (χ2n) is 13.2. The number of sulfonamides is 1. The monoisotopic (exact) mass is 760 g/mol. The number of nitrogens with two attached hydrogens (primary N) is 1. The first-order chi connectivity index (χ1) is 25.0. The highest BCUT2D eigenvalue weighted by atomic mass is 32.2. The number of rotatable bonds is 16. The van der Waals surface area contributed by atoms with Crippen LogP contribution in [0.4, 0.5) is 4.79 Å². The zero-order valence-electron chi connectivity index (χ0n) is 29.2. The first-order valence-electron chi connectivity index (χ1n) is 17.1. The zero-order chi connectivity index (χ0) is 36.8. The van der Waals surface area contributed by atoms with Gasteiger partial charge < -0.3 is 44.2 Å². The second-order valence-corrected chi connectivity index (χ2v) is 16.2. The molecule has 1 amide bonds. The number of hydrogen-bond acceptors (Lipinski definition) is 14. The second kappa shape index (κ2) is 16.8. The minimum Gasteiger partial charge on any atom is -0.487 e. The van der Waals surface area contributed by atoms with E-state index in [-0.39, 0.29) is 49.6 Å². The number of carbonyl (C=O) groups excluding carboxylic acids is 2. The third-order valence-electron chi connectivity index (χ3n) is 8.81. The van der Waals surface area contributed by atoms with Crippen molar-refractivity contribution in [3.05, 3.63) is 64.1 Å². The van der Waals surface area contributed by atoms with Crippen LogP contribution >= 0.6 is 11.3 Å². The number of aromatic nitrogens is 1. The molecule has 3 aliphatic heterocycles. The Morgan fingerprint density at radius 3 is 2.62 bits per heavy atom. The molecule has 1 aromatic heterocycles. The Morgan fingerprint density at radius 2 is 1.88 bits per heavy atom. The van der Waals surface area contributed by atoms with E-state index >= 15 is 0 Å². The number of esters is 1. The molecule has 3 aliphatic rings. The van der Waals surface area contributed by atoms with E-state index in [0.29, 0.717) is 36.9 Å². The summed E-state index contributed by atoms with van der Waals surface area (Å²) in [7, 11) is -4.17. The first-order valence-corrected chi connectivity index (χ1v) is 19.4. The number of thiazole rings is 1. The fourth-order valence-corrected chi connectivity index (χ4v) is 8.51. The molecule has 0 radical (unpaired) electrons. The number of alkyl carbamates (subject to hydrolysis) is 1. The Balaban J connectivity index is 1.26. The first kappa shape index (κ1) is 37.7. The highest BCUT2D eigenvalue weighted by molar-refractivity contribution is 7.89. The molecule has 4 heterocycles. The van der Waals surface area contributed by atoms with Gasteiger partial charge in [0.25, 0.3) is 0 Å². The summed E-state index contributed by atoms with van der Waals surface area (Å²) in [5.74, 6) is 0.353. The Morgan fingerprint density at radius 1 is 1.10 bits per heavy atom. The lowest BCUT2D eigenvalue weighted by Gasteiger charge is -2.33. The predicted octanol–water partition coefficient (Wildman–Crippen LogP) is 3.38. The average molecular weight is 761 g/mol. The molecule has 0 spiro atoms. The Bertz CT molecular complexity index is 1800. The summed E-state index contributed by atoms with van der Waals surface area (Å²) in [4.78, 5) is 30.8. The highest BCUT2D eigenvalue weighted by Crippen LogP contribution is 2.35. The van der Waals surface area contributed by atoms with Crippen molar-refractivity contribution in [1.82, 2.24) is 14.6 Å². The molecule has 0 bridgehead atoms. The number of nitrogens with zero attached hydrogens (tertiary/aromatic N) is 2. The van der Waals surface area contributed by atoms with Crippen LogP contribution in [-0.4, -0.2) is 94.0 Å². The highest BCUT2D eigenvalue weighted by Gasteiger charge is 2.44. The van der Waals surface area contributed by atoms with Crippen molar-refractivity contribution < 1.29 is 51.2 Å². The number of carbonyl (C=O) groups is 2. The largest absolute Gasteiger partial charge is 0.487 e. The van der Waals surface area contributed by atoms with Gasteiger partial charge in [0.2, 0.25) is 16.8 Å². The van der Waals surface area contributed by atoms with E-state index in [2.05, 4.69) is 10.3 Å². The number of ether oxygens (including phenoxy) is 7. The van der Waals surface area contributed by atoms with Gasteiger partial charge in [0.05, 0.1) is 53.9 Å². The van der Waals surface area contributed by atoms with E-state index < -0.39 is 53.2 Å². The maximum atomic E-state index is 14.2. The minimum absolute atomic E-state index is 0.0187. The van der Waals surface area contributed by atoms with Gasteiger partial charge in [-0.3, -0.25) is 4.79 Å². The number of hydrogen-bond donors (Lipinski definition) is 2. The Hall–Kier alpha value is -4.00. The van der Waals surface area contributed by atoms with Crippen molar-refractivity contribution in [2.75, 3.05) is 39.6 Å². The van der Waals surface area contributed by atoms with Gasteiger partial charge in [-0.05, 0) is 55.5 Å². The molecule has 17 heteroatoms. The maximum Gasteiger partial charge on any atom is 0.407 e. The van der Waals surface area contributed by atoms with Crippen molar-refractivity contribution in [2.45, 2.75) is 69.7 Å². The van der Waals surface area contributed by atoms with Crippen LogP contribution in [0, 0.1) is 18.8 Å². The molecular weight excluding hydrogens is 717 g/mol. The average Bonchev–Trinajstić information content (AvgIpc) is 3.93. The van der Waals surface area contributed by atoms with Crippen LogP contribution in [0.5, 0.6) is 17.2 Å². The normalized spacial score (nSPS) is 20.5. The van der Waals surface area contributed by atoms with Crippen LogP contribution in [0.25, 0.3) is 0 Å². The summed E-state index contributed by atoms with van der Waals surface area (Å²) < 4.78 is 69.3. The van der Waals surface area contributed by atoms with Gasteiger partial charge in [0.1, 0.15) is 24.6 Å². The standard InChI is InChI=1S/C35H44N4O11S2/c1-21(2)15-39(52(42,43)26-8-9-29-30(13-26)48-20-47-29)16-31(49-33(40)14-36)28(38-35(41)50-32-18-46-34-27(32)10-11-44-34)12-23-4-6-25(7-5-23)45-17-24-19-51-22(3)37-24/h4-9,13,19,21,27-28,31-32,34H,10-12,14-18,20,36H2,1-3H3,(H,38,41)/t27-,28-,31+,32-,34+/m0/s1. The van der Waals surface area contributed by atoms with E-state index in [1.165, 1.54) is 22.5 Å². The molecule has 6 rings (SSSR count). The van der Waals surface area contributed by atoms with Crippen LogP contribution < -0.4 is 25.3 Å². The summed E-state index contributed by atoms with van der Waals surface area (Å²) in [6, 6.07) is 10.6. The third kappa shape index (κ3) is 9.31. The van der Waals surface area contributed by atoms with E-state index in [1.807, 2.05) is 38.3 Å². The quantitative estimate of drug-likeness (QED) is 0.203. The summed E-state index contributed by atoms with van der Waals surface area (Å²) in [6.45, 7) is 5.96. The molecule has 0 aliphatic carbocycles.